The topological polar surface area (TPSA) is 52.6 Å². The van der Waals surface area contributed by atoms with Crippen molar-refractivity contribution < 1.29 is 19.1 Å². The highest BCUT2D eigenvalue weighted by Crippen LogP contribution is 2.16. The van der Waals surface area contributed by atoms with Crippen molar-refractivity contribution in [2.24, 2.45) is 0 Å². The lowest BCUT2D eigenvalue weighted by Crippen LogP contribution is -2.20. The molecule has 2 atom stereocenters. The molecule has 0 spiro atoms. The van der Waals surface area contributed by atoms with Crippen LogP contribution in [0.3, 0.4) is 0 Å². The van der Waals surface area contributed by atoms with Gasteiger partial charge in [-0.15, -0.1) is 0 Å². The van der Waals surface area contributed by atoms with E-state index >= 15 is 0 Å². The van der Waals surface area contributed by atoms with Crippen LogP contribution in [0.2, 0.25) is 0 Å². The molecule has 0 aromatic heterocycles. The summed E-state index contributed by atoms with van der Waals surface area (Å²) in [4.78, 5) is 24.4. The first-order valence-corrected chi connectivity index (χ1v) is 9.66. The summed E-state index contributed by atoms with van der Waals surface area (Å²) in [5.74, 6) is -0.574. The molecule has 0 aliphatic carbocycles. The van der Waals surface area contributed by atoms with E-state index < -0.39 is 0 Å². The molecule has 0 saturated heterocycles. The summed E-state index contributed by atoms with van der Waals surface area (Å²) in [6, 6.07) is 18.1. The second kappa shape index (κ2) is 11.2. The number of hydrogen-bond donors (Lipinski definition) is 0. The summed E-state index contributed by atoms with van der Waals surface area (Å²) >= 11 is 0. The van der Waals surface area contributed by atoms with Crippen LogP contribution in [0.1, 0.15) is 66.7 Å². The molecule has 0 aliphatic heterocycles. The van der Waals surface area contributed by atoms with E-state index in [0.29, 0.717) is 11.1 Å². The normalized spacial score (nSPS) is 12.8. The third-order valence-electron chi connectivity index (χ3n) is 4.53. The second-order valence-corrected chi connectivity index (χ2v) is 6.53. The molecule has 0 radical (unpaired) electrons. The number of benzene rings is 2. The van der Waals surface area contributed by atoms with Crippen LogP contribution in [-0.2, 0) is 9.47 Å². The van der Waals surface area contributed by atoms with Gasteiger partial charge in [-0.2, -0.15) is 0 Å². The Balaban J connectivity index is 1.78. The molecule has 0 amide bonds. The van der Waals surface area contributed by atoms with Gasteiger partial charge in [0.05, 0.1) is 11.1 Å². The number of carbonyl (C=O) groups is 2. The van der Waals surface area contributed by atoms with Crippen molar-refractivity contribution in [2.45, 2.75) is 58.2 Å². The van der Waals surface area contributed by atoms with Crippen LogP contribution in [0.5, 0.6) is 0 Å². The maximum atomic E-state index is 12.2. The summed E-state index contributed by atoms with van der Waals surface area (Å²) in [6.07, 6.45) is 3.63. The molecule has 0 N–H and O–H groups in total. The van der Waals surface area contributed by atoms with E-state index in [4.69, 9.17) is 9.47 Å². The molecule has 0 bridgehead atoms. The monoisotopic (exact) mass is 368 g/mol. The number of esters is 2. The Kier molecular flexibility index (Phi) is 8.56. The molecular formula is C23H28O4. The van der Waals surface area contributed by atoms with E-state index in [1.807, 2.05) is 50.2 Å². The van der Waals surface area contributed by atoms with Crippen LogP contribution in [-0.4, -0.2) is 24.1 Å². The third-order valence-corrected chi connectivity index (χ3v) is 4.53. The molecule has 4 nitrogen and oxygen atoms in total. The number of ether oxygens (including phenoxy) is 2. The highest BCUT2D eigenvalue weighted by Gasteiger charge is 2.17. The Bertz CT molecular complexity index is 635. The lowest BCUT2D eigenvalue weighted by atomic mass is 10.1. The molecule has 0 saturated carbocycles. The zero-order chi connectivity index (χ0) is 19.5. The highest BCUT2D eigenvalue weighted by molar-refractivity contribution is 5.89. The molecule has 0 aliphatic rings. The summed E-state index contributed by atoms with van der Waals surface area (Å²) in [5, 5.41) is 0. The first kappa shape index (κ1) is 20.7. The highest BCUT2D eigenvalue weighted by atomic mass is 16.5. The number of hydrogen-bond acceptors (Lipinski definition) is 4. The first-order valence-electron chi connectivity index (χ1n) is 9.66. The van der Waals surface area contributed by atoms with Gasteiger partial charge in [0, 0.05) is 0 Å². The third kappa shape index (κ3) is 6.89. The minimum absolute atomic E-state index is 0.125. The summed E-state index contributed by atoms with van der Waals surface area (Å²) in [7, 11) is 0. The molecule has 144 valence electrons. The van der Waals surface area contributed by atoms with Crippen LogP contribution in [0.15, 0.2) is 60.7 Å². The molecule has 2 aromatic rings. The van der Waals surface area contributed by atoms with E-state index in [0.717, 1.165) is 32.1 Å². The minimum atomic E-state index is -0.287. The average Bonchev–Trinajstić information content (AvgIpc) is 2.73. The van der Waals surface area contributed by atoms with Gasteiger partial charge in [-0.3, -0.25) is 0 Å². The van der Waals surface area contributed by atoms with E-state index in [1.165, 1.54) is 0 Å². The van der Waals surface area contributed by atoms with E-state index in [1.54, 1.807) is 24.3 Å². The molecule has 4 heteroatoms. The molecule has 2 aromatic carbocycles. The maximum absolute atomic E-state index is 12.2. The molecule has 2 rings (SSSR count). The zero-order valence-electron chi connectivity index (χ0n) is 16.1. The molecule has 27 heavy (non-hydrogen) atoms. The van der Waals surface area contributed by atoms with Gasteiger partial charge in [0.15, 0.2) is 0 Å². The fraction of sp³-hybridized carbons (Fsp3) is 0.391. The average molecular weight is 368 g/mol. The van der Waals surface area contributed by atoms with Gasteiger partial charge in [-0.1, -0.05) is 50.2 Å². The summed E-state index contributed by atoms with van der Waals surface area (Å²) in [6.45, 7) is 4.02. The minimum Gasteiger partial charge on any atom is -0.459 e. The largest absolute Gasteiger partial charge is 0.459 e. The smallest absolute Gasteiger partial charge is 0.338 e. The SMILES string of the molecule is CCC(CCCC(CC)OC(=O)c1ccccc1)OC(=O)c1ccccc1. The Morgan fingerprint density at radius 3 is 1.41 bits per heavy atom. The van der Waals surface area contributed by atoms with Crippen LogP contribution in [0.25, 0.3) is 0 Å². The summed E-state index contributed by atoms with van der Waals surface area (Å²) in [5.41, 5.74) is 1.14. The van der Waals surface area contributed by atoms with Gasteiger partial charge in [0.1, 0.15) is 12.2 Å². The van der Waals surface area contributed by atoms with Gasteiger partial charge in [0.2, 0.25) is 0 Å². The number of rotatable bonds is 10. The van der Waals surface area contributed by atoms with Crippen molar-refractivity contribution in [3.8, 4) is 0 Å². The molecule has 2 unspecified atom stereocenters. The lowest BCUT2D eigenvalue weighted by Gasteiger charge is -2.19. The van der Waals surface area contributed by atoms with Crippen molar-refractivity contribution in [1.29, 1.82) is 0 Å². The fourth-order valence-electron chi connectivity index (χ4n) is 2.85. The van der Waals surface area contributed by atoms with Gasteiger partial charge < -0.3 is 9.47 Å². The first-order chi connectivity index (χ1) is 13.1. The standard InChI is InChI=1S/C23H28O4/c1-3-20(26-22(24)18-12-7-5-8-13-18)16-11-17-21(4-2)27-23(25)19-14-9-6-10-15-19/h5-10,12-15,20-21H,3-4,11,16-17H2,1-2H3. The quantitative estimate of drug-likeness (QED) is 0.525. The summed E-state index contributed by atoms with van der Waals surface area (Å²) < 4.78 is 11.2. The molecule has 0 fully saturated rings. The second-order valence-electron chi connectivity index (χ2n) is 6.53. The predicted octanol–water partition coefficient (Wildman–Crippen LogP) is 5.43. The Labute approximate surface area is 161 Å². The Morgan fingerprint density at radius 2 is 1.07 bits per heavy atom. The van der Waals surface area contributed by atoms with Crippen molar-refractivity contribution in [1.82, 2.24) is 0 Å². The van der Waals surface area contributed by atoms with Crippen LogP contribution < -0.4 is 0 Å². The van der Waals surface area contributed by atoms with Crippen molar-refractivity contribution in [3.63, 3.8) is 0 Å². The van der Waals surface area contributed by atoms with Crippen molar-refractivity contribution >= 4 is 11.9 Å². The lowest BCUT2D eigenvalue weighted by molar-refractivity contribution is 0.0206. The molecule has 0 heterocycles. The zero-order valence-corrected chi connectivity index (χ0v) is 16.1. The van der Waals surface area contributed by atoms with E-state index in [2.05, 4.69) is 0 Å². The van der Waals surface area contributed by atoms with Gasteiger partial charge in [-0.05, 0) is 56.4 Å². The predicted molar refractivity (Wildman–Crippen MR) is 106 cm³/mol. The van der Waals surface area contributed by atoms with Crippen LogP contribution >= 0.6 is 0 Å². The number of carbonyl (C=O) groups excluding carboxylic acids is 2. The van der Waals surface area contributed by atoms with Gasteiger partial charge in [-0.25, -0.2) is 9.59 Å². The fourth-order valence-corrected chi connectivity index (χ4v) is 2.85. The molecular weight excluding hydrogens is 340 g/mol. The van der Waals surface area contributed by atoms with Crippen molar-refractivity contribution in [3.05, 3.63) is 71.8 Å². The Morgan fingerprint density at radius 1 is 0.704 bits per heavy atom. The van der Waals surface area contributed by atoms with Crippen molar-refractivity contribution in [2.75, 3.05) is 0 Å². The van der Waals surface area contributed by atoms with Crippen LogP contribution in [0, 0.1) is 0 Å². The van der Waals surface area contributed by atoms with Crippen LogP contribution in [0.4, 0.5) is 0 Å². The van der Waals surface area contributed by atoms with Gasteiger partial charge in [0.25, 0.3) is 0 Å². The van der Waals surface area contributed by atoms with E-state index in [9.17, 15) is 9.59 Å². The Hall–Kier alpha value is -2.62. The van der Waals surface area contributed by atoms with Gasteiger partial charge >= 0.3 is 11.9 Å². The van der Waals surface area contributed by atoms with E-state index in [-0.39, 0.29) is 24.1 Å². The maximum Gasteiger partial charge on any atom is 0.338 e.